The first-order valence-corrected chi connectivity index (χ1v) is 28.0. The zero-order valence-electron chi connectivity index (χ0n) is 43.3. The molecular weight excluding hydrogens is 859 g/mol. The van der Waals surface area contributed by atoms with Crippen molar-refractivity contribution >= 4 is 5.91 Å². The van der Waals surface area contributed by atoms with Crippen LogP contribution in [0.3, 0.4) is 0 Å². The highest BCUT2D eigenvalue weighted by atomic mass is 16.7. The van der Waals surface area contributed by atoms with Gasteiger partial charge in [0.15, 0.2) is 6.29 Å². The van der Waals surface area contributed by atoms with Crippen molar-refractivity contribution in [1.82, 2.24) is 5.32 Å². The summed E-state index contributed by atoms with van der Waals surface area (Å²) in [7, 11) is 0. The Kier molecular flexibility index (Phi) is 43.5. The third-order valence-corrected chi connectivity index (χ3v) is 13.3. The lowest BCUT2D eigenvalue weighted by Crippen LogP contribution is -2.60. The van der Waals surface area contributed by atoms with Gasteiger partial charge in [0, 0.05) is 0 Å². The number of aliphatic hydroxyl groups excluding tert-OH is 7. The summed E-state index contributed by atoms with van der Waals surface area (Å²) in [6.45, 7) is 3.44. The number of amides is 1. The van der Waals surface area contributed by atoms with Crippen LogP contribution < -0.4 is 5.32 Å². The summed E-state index contributed by atoms with van der Waals surface area (Å²) in [6, 6.07) is -1.20. The smallest absolute Gasteiger partial charge is 0.249 e. The molecule has 1 aliphatic heterocycles. The van der Waals surface area contributed by atoms with Gasteiger partial charge in [-0.15, -0.1) is 0 Å². The molecule has 0 aliphatic carbocycles. The first-order valence-electron chi connectivity index (χ1n) is 28.0. The number of unbranched alkanes of at least 4 members (excludes halogenated alkanes) is 27. The highest BCUT2D eigenvalue weighted by molar-refractivity contribution is 5.80. The molecule has 0 bridgehead atoms. The molecule has 68 heavy (non-hydrogen) atoms. The fourth-order valence-electron chi connectivity index (χ4n) is 8.70. The number of nitrogens with one attached hydrogen (secondary N) is 1. The van der Waals surface area contributed by atoms with E-state index < -0.39 is 74.2 Å². The van der Waals surface area contributed by atoms with Crippen molar-refractivity contribution in [1.29, 1.82) is 0 Å². The molecule has 398 valence electrons. The average molecular weight is 964 g/mol. The van der Waals surface area contributed by atoms with E-state index in [1.807, 2.05) is 0 Å². The normalized spacial score (nSPS) is 20.9. The van der Waals surface area contributed by atoms with Crippen LogP contribution in [0.15, 0.2) is 48.6 Å². The van der Waals surface area contributed by atoms with E-state index in [2.05, 4.69) is 67.8 Å². The van der Waals surface area contributed by atoms with Crippen molar-refractivity contribution in [2.45, 2.75) is 294 Å². The molecule has 9 atom stereocenters. The Morgan fingerprint density at radius 3 is 1.31 bits per heavy atom. The molecule has 0 radical (unpaired) electrons. The van der Waals surface area contributed by atoms with Gasteiger partial charge < -0.3 is 50.5 Å². The van der Waals surface area contributed by atoms with Crippen molar-refractivity contribution in [3.63, 3.8) is 0 Å². The molecule has 1 saturated heterocycles. The van der Waals surface area contributed by atoms with Crippen LogP contribution >= 0.6 is 0 Å². The summed E-state index contributed by atoms with van der Waals surface area (Å²) in [5.74, 6) is -0.717. The second kappa shape index (κ2) is 46.2. The van der Waals surface area contributed by atoms with Gasteiger partial charge in [-0.25, -0.2) is 0 Å². The zero-order valence-corrected chi connectivity index (χ0v) is 43.3. The summed E-state index contributed by atoms with van der Waals surface area (Å²) >= 11 is 0. The first kappa shape index (κ1) is 64.1. The van der Waals surface area contributed by atoms with Crippen LogP contribution in [0, 0.1) is 0 Å². The second-order valence-electron chi connectivity index (χ2n) is 19.6. The number of hydrogen-bond donors (Lipinski definition) is 8. The molecule has 0 saturated carbocycles. The van der Waals surface area contributed by atoms with E-state index in [0.717, 1.165) is 64.2 Å². The van der Waals surface area contributed by atoms with Gasteiger partial charge in [0.05, 0.1) is 25.4 Å². The van der Waals surface area contributed by atoms with Crippen molar-refractivity contribution in [3.8, 4) is 0 Å². The van der Waals surface area contributed by atoms with Crippen LogP contribution in [0.1, 0.15) is 239 Å². The van der Waals surface area contributed by atoms with Crippen LogP contribution in [0.25, 0.3) is 0 Å². The van der Waals surface area contributed by atoms with Crippen LogP contribution in [-0.4, -0.2) is 110 Å². The second-order valence-corrected chi connectivity index (χ2v) is 19.6. The fourth-order valence-corrected chi connectivity index (χ4v) is 8.70. The maximum atomic E-state index is 13.2. The fraction of sp³-hybridized carbons (Fsp3) is 0.842. The molecular formula is C57H105NO10. The van der Waals surface area contributed by atoms with Crippen molar-refractivity contribution in [2.75, 3.05) is 13.2 Å². The predicted molar refractivity (Wildman–Crippen MR) is 279 cm³/mol. The van der Waals surface area contributed by atoms with Crippen molar-refractivity contribution < 1.29 is 50.0 Å². The number of aliphatic hydroxyl groups is 7. The maximum absolute atomic E-state index is 13.2. The molecule has 1 heterocycles. The molecule has 0 aromatic carbocycles. The highest BCUT2D eigenvalue weighted by Gasteiger charge is 2.44. The SMILES string of the molecule is CCCCCCCCCC/C=C/CC/C=C/CC/C=C/CCCC(O)C(O)C(COC1OC(CO)C(O)C(O)C1O)NC(=O)C(O)CCCCCCCC/C=C\CCCCCCCCCCCC. The molecule has 1 rings (SSSR count). The van der Waals surface area contributed by atoms with E-state index in [0.29, 0.717) is 19.3 Å². The van der Waals surface area contributed by atoms with Crippen LogP contribution in [0.2, 0.25) is 0 Å². The van der Waals surface area contributed by atoms with Gasteiger partial charge in [0.2, 0.25) is 5.91 Å². The van der Waals surface area contributed by atoms with Gasteiger partial charge >= 0.3 is 0 Å². The molecule has 0 aromatic heterocycles. The number of carbonyl (C=O) groups excluding carboxylic acids is 1. The van der Waals surface area contributed by atoms with E-state index in [4.69, 9.17) is 9.47 Å². The van der Waals surface area contributed by atoms with E-state index in [1.54, 1.807) is 0 Å². The van der Waals surface area contributed by atoms with Crippen LogP contribution in [-0.2, 0) is 14.3 Å². The predicted octanol–water partition coefficient (Wildman–Crippen LogP) is 11.3. The Morgan fingerprint density at radius 2 is 0.882 bits per heavy atom. The molecule has 11 heteroatoms. The van der Waals surface area contributed by atoms with Crippen molar-refractivity contribution in [2.24, 2.45) is 0 Å². The van der Waals surface area contributed by atoms with E-state index in [1.165, 1.54) is 128 Å². The maximum Gasteiger partial charge on any atom is 0.249 e. The summed E-state index contributed by atoms with van der Waals surface area (Å²) in [5.41, 5.74) is 0. The molecule has 1 fully saturated rings. The molecule has 0 spiro atoms. The first-order chi connectivity index (χ1) is 33.2. The summed E-state index contributed by atoms with van der Waals surface area (Å²) in [5, 5.41) is 76.0. The van der Waals surface area contributed by atoms with E-state index in [9.17, 15) is 40.5 Å². The third kappa shape index (κ3) is 34.4. The lowest BCUT2D eigenvalue weighted by molar-refractivity contribution is -0.303. The quantitative estimate of drug-likeness (QED) is 0.0215. The minimum absolute atomic E-state index is 0.239. The number of allylic oxidation sites excluding steroid dienone is 8. The van der Waals surface area contributed by atoms with Gasteiger partial charge in [-0.1, -0.05) is 197 Å². The number of hydrogen-bond acceptors (Lipinski definition) is 10. The molecule has 1 amide bonds. The van der Waals surface area contributed by atoms with Gasteiger partial charge in [0.25, 0.3) is 0 Å². The Labute approximate surface area is 415 Å². The van der Waals surface area contributed by atoms with Crippen LogP contribution in [0.5, 0.6) is 0 Å². The molecule has 1 aliphatic rings. The Balaban J connectivity index is 2.39. The third-order valence-electron chi connectivity index (χ3n) is 13.3. The number of carbonyl (C=O) groups is 1. The van der Waals surface area contributed by atoms with E-state index in [-0.39, 0.29) is 12.8 Å². The lowest BCUT2D eigenvalue weighted by Gasteiger charge is -2.40. The molecule has 0 aromatic rings. The average Bonchev–Trinajstić information content (AvgIpc) is 3.34. The van der Waals surface area contributed by atoms with Gasteiger partial charge in [-0.05, 0) is 89.9 Å². The highest BCUT2D eigenvalue weighted by Crippen LogP contribution is 2.23. The topological polar surface area (TPSA) is 189 Å². The standard InChI is InChI=1S/C57H105NO10/c1-3-5-7-9-11-13-15-17-19-21-23-25-27-28-30-32-34-36-38-40-42-44-49(60)52(62)48(47-67-57-55(65)54(64)53(63)51(46-59)68-57)58-56(66)50(61)45-43-41-39-37-35-33-31-29-26-24-22-20-18-16-14-12-10-8-6-4-2/h21,23,26,28-30,36,38,48-55,57,59-65H,3-20,22,24-25,27,31-35,37,39-47H2,1-2H3,(H,58,66)/b23-21+,29-26-,30-28+,38-36+. The summed E-state index contributed by atoms with van der Waals surface area (Å²) in [6.07, 6.45) is 45.9. The minimum Gasteiger partial charge on any atom is -0.394 e. The van der Waals surface area contributed by atoms with Gasteiger partial charge in [-0.2, -0.15) is 0 Å². The molecule has 8 N–H and O–H groups in total. The van der Waals surface area contributed by atoms with Crippen molar-refractivity contribution in [3.05, 3.63) is 48.6 Å². The van der Waals surface area contributed by atoms with E-state index >= 15 is 0 Å². The number of ether oxygens (including phenoxy) is 2. The van der Waals surface area contributed by atoms with Crippen LogP contribution in [0.4, 0.5) is 0 Å². The Bertz CT molecular complexity index is 1240. The van der Waals surface area contributed by atoms with Gasteiger partial charge in [0.1, 0.15) is 36.6 Å². The Morgan fingerprint density at radius 1 is 0.500 bits per heavy atom. The summed E-state index contributed by atoms with van der Waals surface area (Å²) < 4.78 is 11.1. The van der Waals surface area contributed by atoms with Gasteiger partial charge in [-0.3, -0.25) is 4.79 Å². The summed E-state index contributed by atoms with van der Waals surface area (Å²) in [4.78, 5) is 13.2. The molecule has 11 nitrogen and oxygen atoms in total. The number of rotatable bonds is 47. The zero-order chi connectivity index (χ0) is 49.7. The largest absolute Gasteiger partial charge is 0.394 e. The molecule has 9 unspecified atom stereocenters. The minimum atomic E-state index is -1.67. The monoisotopic (exact) mass is 964 g/mol. The Hall–Kier alpha value is -1.93. The lowest BCUT2D eigenvalue weighted by atomic mass is 9.98.